The molecule has 0 saturated carbocycles. The van der Waals surface area contributed by atoms with Crippen molar-refractivity contribution < 1.29 is 9.21 Å². The number of nitrogens with one attached hydrogen (secondary N) is 1. The number of benzene rings is 1. The van der Waals surface area contributed by atoms with E-state index in [1.165, 1.54) is 0 Å². The summed E-state index contributed by atoms with van der Waals surface area (Å²) in [6.07, 6.45) is 1.83. The molecule has 3 nitrogen and oxygen atoms in total. The van der Waals surface area contributed by atoms with E-state index in [9.17, 15) is 4.79 Å². The molecule has 0 bridgehead atoms. The van der Waals surface area contributed by atoms with Crippen LogP contribution in [0.4, 0.5) is 0 Å². The zero-order valence-electron chi connectivity index (χ0n) is 10.3. The predicted molar refractivity (Wildman–Crippen MR) is 75.4 cm³/mol. The fourth-order valence-corrected chi connectivity index (χ4v) is 2.06. The first-order valence-corrected chi connectivity index (χ1v) is 6.58. The Hall–Kier alpha value is -1.45. The van der Waals surface area contributed by atoms with E-state index in [1.807, 2.05) is 13.0 Å². The Morgan fingerprint density at radius 2 is 2.11 bits per heavy atom. The lowest BCUT2D eigenvalue weighted by Gasteiger charge is -2.11. The van der Waals surface area contributed by atoms with Crippen molar-refractivity contribution in [2.24, 2.45) is 0 Å². The summed E-state index contributed by atoms with van der Waals surface area (Å²) in [6, 6.07) is 8.61. The van der Waals surface area contributed by atoms with E-state index in [2.05, 4.69) is 5.32 Å². The van der Waals surface area contributed by atoms with Gasteiger partial charge in [-0.25, -0.2) is 0 Å². The van der Waals surface area contributed by atoms with Gasteiger partial charge in [-0.2, -0.15) is 0 Å². The summed E-state index contributed by atoms with van der Waals surface area (Å²) in [4.78, 5) is 11.9. The first kappa shape index (κ1) is 14.0. The summed E-state index contributed by atoms with van der Waals surface area (Å²) in [5.41, 5.74) is 0.818. The van der Waals surface area contributed by atoms with Crippen molar-refractivity contribution in [2.75, 3.05) is 0 Å². The van der Waals surface area contributed by atoms with E-state index >= 15 is 0 Å². The van der Waals surface area contributed by atoms with Crippen LogP contribution in [0.3, 0.4) is 0 Å². The molecule has 1 aromatic heterocycles. The molecule has 0 aliphatic carbocycles. The van der Waals surface area contributed by atoms with Gasteiger partial charge in [-0.05, 0) is 36.8 Å². The molecular weight excluding hydrogens is 285 g/mol. The third-order valence-corrected chi connectivity index (χ3v) is 3.44. The molecule has 0 spiro atoms. The van der Waals surface area contributed by atoms with Crippen LogP contribution < -0.4 is 5.32 Å². The van der Waals surface area contributed by atoms with Gasteiger partial charge in [0.1, 0.15) is 5.76 Å². The Kier molecular flexibility index (Phi) is 4.51. The highest BCUT2D eigenvalue weighted by Gasteiger charge is 2.12. The van der Waals surface area contributed by atoms with Crippen molar-refractivity contribution in [1.29, 1.82) is 0 Å². The smallest absolute Gasteiger partial charge is 0.224 e. The molecule has 19 heavy (non-hydrogen) atoms. The fraction of sp³-hybridized carbons (Fsp3) is 0.214. The predicted octanol–water partition coefficient (Wildman–Crippen LogP) is 4.01. The zero-order valence-corrected chi connectivity index (χ0v) is 11.8. The molecule has 0 saturated heterocycles. The Labute approximate surface area is 121 Å². The quantitative estimate of drug-likeness (QED) is 0.926. The molecule has 1 aromatic carbocycles. The SMILES string of the molecule is C[C@@H](NC(=O)Cc1ccc(Cl)c(Cl)c1)c1ccco1. The van der Waals surface area contributed by atoms with Gasteiger partial charge >= 0.3 is 0 Å². The van der Waals surface area contributed by atoms with Crippen LogP contribution in [0.2, 0.25) is 10.0 Å². The third kappa shape index (κ3) is 3.75. The number of furan rings is 1. The van der Waals surface area contributed by atoms with Gasteiger partial charge < -0.3 is 9.73 Å². The Balaban J connectivity index is 1.95. The largest absolute Gasteiger partial charge is 0.467 e. The van der Waals surface area contributed by atoms with E-state index in [0.29, 0.717) is 10.0 Å². The summed E-state index contributed by atoms with van der Waals surface area (Å²) in [7, 11) is 0. The monoisotopic (exact) mass is 297 g/mol. The van der Waals surface area contributed by atoms with Gasteiger partial charge in [0.15, 0.2) is 0 Å². The molecule has 1 atom stereocenters. The number of halogens is 2. The van der Waals surface area contributed by atoms with Gasteiger partial charge in [0.05, 0.1) is 28.8 Å². The molecule has 0 aliphatic heterocycles. The van der Waals surface area contributed by atoms with Crippen molar-refractivity contribution in [3.63, 3.8) is 0 Å². The van der Waals surface area contributed by atoms with Crippen molar-refractivity contribution >= 4 is 29.1 Å². The van der Waals surface area contributed by atoms with Gasteiger partial charge in [-0.1, -0.05) is 29.3 Å². The lowest BCUT2D eigenvalue weighted by molar-refractivity contribution is -0.121. The Bertz CT molecular complexity index is 567. The number of hydrogen-bond donors (Lipinski definition) is 1. The van der Waals surface area contributed by atoms with E-state index in [-0.39, 0.29) is 18.4 Å². The number of amides is 1. The Morgan fingerprint density at radius 3 is 2.74 bits per heavy atom. The molecule has 1 N–H and O–H groups in total. The minimum atomic E-state index is -0.162. The van der Waals surface area contributed by atoms with Gasteiger partial charge in [-0.3, -0.25) is 4.79 Å². The molecule has 1 heterocycles. The molecule has 0 aliphatic rings. The maximum absolute atomic E-state index is 11.9. The highest BCUT2D eigenvalue weighted by atomic mass is 35.5. The average molecular weight is 298 g/mol. The summed E-state index contributed by atoms with van der Waals surface area (Å²) >= 11 is 11.7. The van der Waals surface area contributed by atoms with Gasteiger partial charge in [-0.15, -0.1) is 0 Å². The molecule has 0 radical (unpaired) electrons. The second kappa shape index (κ2) is 6.13. The zero-order chi connectivity index (χ0) is 13.8. The van der Waals surface area contributed by atoms with Crippen molar-refractivity contribution in [2.45, 2.75) is 19.4 Å². The summed E-state index contributed by atoms with van der Waals surface area (Å²) < 4.78 is 5.23. The van der Waals surface area contributed by atoms with Crippen LogP contribution >= 0.6 is 23.2 Å². The van der Waals surface area contributed by atoms with E-state index in [0.717, 1.165) is 11.3 Å². The summed E-state index contributed by atoms with van der Waals surface area (Å²) in [5.74, 6) is 0.629. The molecule has 2 rings (SSSR count). The van der Waals surface area contributed by atoms with Crippen LogP contribution in [-0.2, 0) is 11.2 Å². The molecule has 100 valence electrons. The molecule has 0 fully saturated rings. The standard InChI is InChI=1S/C14H13Cl2NO2/c1-9(13-3-2-6-19-13)17-14(18)8-10-4-5-11(15)12(16)7-10/h2-7,9H,8H2,1H3,(H,17,18)/t9-/m1/s1. The van der Waals surface area contributed by atoms with Gasteiger partial charge in [0.2, 0.25) is 5.91 Å². The summed E-state index contributed by atoms with van der Waals surface area (Å²) in [6.45, 7) is 1.87. The van der Waals surface area contributed by atoms with Crippen LogP contribution in [-0.4, -0.2) is 5.91 Å². The number of hydrogen-bond acceptors (Lipinski definition) is 2. The number of carbonyl (C=O) groups is 1. The van der Waals surface area contributed by atoms with E-state index in [4.69, 9.17) is 27.6 Å². The molecule has 5 heteroatoms. The van der Waals surface area contributed by atoms with Crippen molar-refractivity contribution in [3.05, 3.63) is 58.0 Å². The summed E-state index contributed by atoms with van der Waals surface area (Å²) in [5, 5.41) is 3.79. The van der Waals surface area contributed by atoms with Crippen LogP contribution in [0.5, 0.6) is 0 Å². The maximum Gasteiger partial charge on any atom is 0.224 e. The lowest BCUT2D eigenvalue weighted by atomic mass is 10.1. The maximum atomic E-state index is 11.9. The number of carbonyl (C=O) groups excluding carboxylic acids is 1. The van der Waals surface area contributed by atoms with Crippen molar-refractivity contribution in [3.8, 4) is 0 Å². The average Bonchev–Trinajstić information content (AvgIpc) is 2.87. The molecular formula is C14H13Cl2NO2. The fourth-order valence-electron chi connectivity index (χ4n) is 1.74. The molecule has 2 aromatic rings. The van der Waals surface area contributed by atoms with Crippen LogP contribution in [0.1, 0.15) is 24.3 Å². The number of rotatable bonds is 4. The highest BCUT2D eigenvalue weighted by Crippen LogP contribution is 2.23. The Morgan fingerprint density at radius 1 is 1.32 bits per heavy atom. The van der Waals surface area contributed by atoms with E-state index < -0.39 is 0 Å². The van der Waals surface area contributed by atoms with E-state index in [1.54, 1.807) is 30.5 Å². The topological polar surface area (TPSA) is 42.2 Å². The van der Waals surface area contributed by atoms with Crippen LogP contribution in [0, 0.1) is 0 Å². The van der Waals surface area contributed by atoms with Crippen LogP contribution in [0.15, 0.2) is 41.0 Å². The minimum absolute atomic E-state index is 0.0951. The highest BCUT2D eigenvalue weighted by molar-refractivity contribution is 6.42. The first-order valence-electron chi connectivity index (χ1n) is 5.83. The molecule has 1 amide bonds. The van der Waals surface area contributed by atoms with Gasteiger partial charge in [0.25, 0.3) is 0 Å². The first-order chi connectivity index (χ1) is 9.06. The minimum Gasteiger partial charge on any atom is -0.467 e. The molecule has 0 unspecified atom stereocenters. The normalized spacial score (nSPS) is 12.2. The second-order valence-electron chi connectivity index (χ2n) is 4.23. The second-order valence-corrected chi connectivity index (χ2v) is 5.04. The van der Waals surface area contributed by atoms with Crippen LogP contribution in [0.25, 0.3) is 0 Å². The van der Waals surface area contributed by atoms with Gasteiger partial charge in [0, 0.05) is 0 Å². The third-order valence-electron chi connectivity index (χ3n) is 2.70. The lowest BCUT2D eigenvalue weighted by Crippen LogP contribution is -2.27. The van der Waals surface area contributed by atoms with Crippen molar-refractivity contribution in [1.82, 2.24) is 5.32 Å².